The molecule has 4 heteroatoms. The molecule has 10 rings (SSSR count). The Bertz CT molecular complexity index is 2520. The summed E-state index contributed by atoms with van der Waals surface area (Å²) >= 11 is 0. The maximum atomic E-state index is 2.87. The normalized spacial score (nSPS) is 20.3. The Labute approximate surface area is 335 Å². The van der Waals surface area contributed by atoms with E-state index in [1.54, 1.807) is 5.56 Å². The van der Waals surface area contributed by atoms with E-state index in [0.29, 0.717) is 0 Å². The first-order valence-corrected chi connectivity index (χ1v) is 20.8. The van der Waals surface area contributed by atoms with Gasteiger partial charge >= 0.3 is 0 Å². The summed E-state index contributed by atoms with van der Waals surface area (Å²) in [4.78, 5) is 7.95. The van der Waals surface area contributed by atoms with Crippen LogP contribution in [0.3, 0.4) is 0 Å². The SMILES string of the molecule is Cc1ccc(N(c2ccc(C)cc2)c2cc3c4c(c2)N2c5c(cc(C(C)(C)C)cc5C5(C)CCCCC25C)B4c2ccc(C)cc2N3c2cccc(C)c2)cc1. The third kappa shape index (κ3) is 4.97. The van der Waals surface area contributed by atoms with Crippen molar-refractivity contribution >= 4 is 68.6 Å². The van der Waals surface area contributed by atoms with Crippen LogP contribution in [-0.2, 0) is 10.8 Å². The van der Waals surface area contributed by atoms with Crippen LogP contribution >= 0.6 is 0 Å². The van der Waals surface area contributed by atoms with Crippen molar-refractivity contribution in [3.05, 3.63) is 149 Å². The number of benzene rings is 6. The van der Waals surface area contributed by atoms with Crippen molar-refractivity contribution in [2.75, 3.05) is 14.7 Å². The lowest BCUT2D eigenvalue weighted by molar-refractivity contribution is 0.195. The lowest BCUT2D eigenvalue weighted by atomic mass is 9.33. The predicted octanol–water partition coefficient (Wildman–Crippen LogP) is 12.0. The van der Waals surface area contributed by atoms with Crippen LogP contribution in [-0.4, -0.2) is 12.3 Å². The molecule has 56 heavy (non-hydrogen) atoms. The molecule has 0 amide bonds. The van der Waals surface area contributed by atoms with Crippen molar-refractivity contribution in [3.63, 3.8) is 0 Å². The molecule has 6 aromatic rings. The summed E-state index contributed by atoms with van der Waals surface area (Å²) in [6.45, 7) is 21.3. The third-order valence-electron chi connectivity index (χ3n) is 14.1. The Morgan fingerprint density at radius 2 is 1.21 bits per heavy atom. The number of hydrogen-bond acceptors (Lipinski definition) is 3. The van der Waals surface area contributed by atoms with Crippen LogP contribution in [0.4, 0.5) is 45.5 Å². The molecule has 3 nitrogen and oxygen atoms in total. The van der Waals surface area contributed by atoms with Crippen LogP contribution in [0, 0.1) is 27.7 Å². The fourth-order valence-electron chi connectivity index (χ4n) is 10.9. The predicted molar refractivity (Wildman–Crippen MR) is 241 cm³/mol. The Kier molecular flexibility index (Phi) is 7.64. The molecular formula is C52H54BN3. The minimum absolute atomic E-state index is 0.0207. The van der Waals surface area contributed by atoms with Gasteiger partial charge in [-0.05, 0) is 146 Å². The molecule has 280 valence electrons. The van der Waals surface area contributed by atoms with E-state index in [4.69, 9.17) is 0 Å². The van der Waals surface area contributed by atoms with Crippen molar-refractivity contribution in [1.82, 2.24) is 0 Å². The van der Waals surface area contributed by atoms with Crippen LogP contribution in [0.5, 0.6) is 0 Å². The van der Waals surface area contributed by atoms with E-state index < -0.39 is 0 Å². The topological polar surface area (TPSA) is 9.72 Å². The molecular weight excluding hydrogens is 677 g/mol. The van der Waals surface area contributed by atoms with Gasteiger partial charge in [-0.15, -0.1) is 0 Å². The van der Waals surface area contributed by atoms with Crippen LogP contribution in [0.15, 0.2) is 115 Å². The van der Waals surface area contributed by atoms with Crippen molar-refractivity contribution < 1.29 is 0 Å². The molecule has 1 aliphatic carbocycles. The van der Waals surface area contributed by atoms with Crippen molar-refractivity contribution in [1.29, 1.82) is 0 Å². The monoisotopic (exact) mass is 731 g/mol. The van der Waals surface area contributed by atoms with E-state index in [0.717, 1.165) is 0 Å². The second-order valence-electron chi connectivity index (χ2n) is 18.9. The van der Waals surface area contributed by atoms with E-state index >= 15 is 0 Å². The molecule has 0 bridgehead atoms. The second-order valence-corrected chi connectivity index (χ2v) is 18.9. The summed E-state index contributed by atoms with van der Waals surface area (Å²) in [5.41, 5.74) is 22.5. The summed E-state index contributed by atoms with van der Waals surface area (Å²) in [6.07, 6.45) is 4.90. The van der Waals surface area contributed by atoms with Gasteiger partial charge in [0, 0.05) is 45.2 Å². The zero-order chi connectivity index (χ0) is 38.9. The molecule has 2 unspecified atom stereocenters. The zero-order valence-electron chi connectivity index (χ0n) is 34.7. The molecule has 0 radical (unpaired) electrons. The minimum Gasteiger partial charge on any atom is -0.335 e. The molecule has 0 spiro atoms. The highest BCUT2D eigenvalue weighted by atomic mass is 15.3. The first kappa shape index (κ1) is 35.2. The fourth-order valence-corrected chi connectivity index (χ4v) is 10.9. The minimum atomic E-state index is -0.0729. The first-order chi connectivity index (χ1) is 26.8. The molecule has 4 aliphatic rings. The van der Waals surface area contributed by atoms with Crippen LogP contribution in [0.25, 0.3) is 0 Å². The molecule has 1 fully saturated rings. The van der Waals surface area contributed by atoms with Gasteiger partial charge in [-0.3, -0.25) is 0 Å². The molecule has 0 N–H and O–H groups in total. The van der Waals surface area contributed by atoms with Gasteiger partial charge in [-0.1, -0.05) is 112 Å². The lowest BCUT2D eigenvalue weighted by Gasteiger charge is -2.53. The Hall–Kier alpha value is -5.22. The summed E-state index contributed by atoms with van der Waals surface area (Å²) in [7, 11) is 0. The summed E-state index contributed by atoms with van der Waals surface area (Å²) in [6, 6.07) is 44.8. The highest BCUT2D eigenvalue weighted by Crippen LogP contribution is 2.62. The number of aryl methyl sites for hydroxylation is 4. The zero-order valence-corrected chi connectivity index (χ0v) is 34.7. The summed E-state index contributed by atoms with van der Waals surface area (Å²) in [5.74, 6) is 0. The van der Waals surface area contributed by atoms with E-state index in [9.17, 15) is 0 Å². The molecule has 0 aromatic heterocycles. The average Bonchev–Trinajstić information content (AvgIpc) is 3.38. The number of nitrogens with zero attached hydrogens (tertiary/aromatic N) is 3. The quantitative estimate of drug-likeness (QED) is 0.167. The van der Waals surface area contributed by atoms with Crippen LogP contribution in [0.2, 0.25) is 0 Å². The smallest absolute Gasteiger partial charge is 0.252 e. The fraction of sp³-hybridized carbons (Fsp3) is 0.308. The van der Waals surface area contributed by atoms with Gasteiger partial charge in [-0.2, -0.15) is 0 Å². The Morgan fingerprint density at radius 1 is 0.589 bits per heavy atom. The van der Waals surface area contributed by atoms with Gasteiger partial charge in [0.2, 0.25) is 0 Å². The molecule has 1 saturated carbocycles. The first-order valence-electron chi connectivity index (χ1n) is 20.8. The molecule has 6 aromatic carbocycles. The number of hydrogen-bond donors (Lipinski definition) is 0. The molecule has 2 atom stereocenters. The molecule has 3 aliphatic heterocycles. The molecule has 3 heterocycles. The highest BCUT2D eigenvalue weighted by Gasteiger charge is 2.61. The third-order valence-corrected chi connectivity index (χ3v) is 14.1. The standard InChI is InChI=1S/C52H54BN3/c1-33-15-20-38(21-16-33)54(39-22-17-34(2)18-23-39)41-31-46-48-47(32-41)56-49-42(51(8)25-10-11-26-52(51,56)9)29-37(50(5,6)7)30-44(49)53(48)43-24-19-36(4)28-45(43)55(46)40-14-12-13-35(3)27-40/h12-24,27-32H,10-11,25-26H2,1-9H3. The van der Waals surface area contributed by atoms with Gasteiger partial charge in [0.25, 0.3) is 6.71 Å². The van der Waals surface area contributed by atoms with E-state index in [-0.39, 0.29) is 23.1 Å². The number of rotatable bonds is 4. The van der Waals surface area contributed by atoms with Gasteiger partial charge in [0.15, 0.2) is 0 Å². The van der Waals surface area contributed by atoms with Crippen molar-refractivity contribution in [3.8, 4) is 0 Å². The van der Waals surface area contributed by atoms with Crippen molar-refractivity contribution in [2.45, 2.75) is 104 Å². The van der Waals surface area contributed by atoms with Crippen LogP contribution in [0.1, 0.15) is 93.7 Å². The van der Waals surface area contributed by atoms with E-state index in [1.807, 2.05) is 0 Å². The largest absolute Gasteiger partial charge is 0.335 e. The van der Waals surface area contributed by atoms with E-state index in [1.165, 1.54) is 115 Å². The molecule has 0 saturated heterocycles. The second kappa shape index (κ2) is 12.1. The Balaban J connectivity index is 1.36. The van der Waals surface area contributed by atoms with Gasteiger partial charge in [0.05, 0.1) is 11.2 Å². The highest BCUT2D eigenvalue weighted by molar-refractivity contribution is 7.00. The van der Waals surface area contributed by atoms with Gasteiger partial charge < -0.3 is 14.7 Å². The average molecular weight is 732 g/mol. The van der Waals surface area contributed by atoms with Gasteiger partial charge in [0.1, 0.15) is 0 Å². The van der Waals surface area contributed by atoms with Gasteiger partial charge in [-0.25, -0.2) is 0 Å². The summed E-state index contributed by atoms with van der Waals surface area (Å²) in [5, 5.41) is 0. The Morgan fingerprint density at radius 3 is 1.88 bits per heavy atom. The number of fused-ring (bicyclic) bond motifs is 7. The van der Waals surface area contributed by atoms with E-state index in [2.05, 4.69) is 192 Å². The van der Waals surface area contributed by atoms with Crippen LogP contribution < -0.4 is 31.1 Å². The number of anilines is 8. The lowest BCUT2D eigenvalue weighted by Crippen LogP contribution is -2.64. The summed E-state index contributed by atoms with van der Waals surface area (Å²) < 4.78 is 0. The van der Waals surface area contributed by atoms with Crippen molar-refractivity contribution in [2.24, 2.45) is 0 Å². The maximum Gasteiger partial charge on any atom is 0.252 e. The maximum absolute atomic E-state index is 2.87.